The number of ether oxygens (including phenoxy) is 1. The van der Waals surface area contributed by atoms with Crippen molar-refractivity contribution in [2.24, 2.45) is 16.6 Å². The molecule has 3 heterocycles. The van der Waals surface area contributed by atoms with Crippen molar-refractivity contribution >= 4 is 44.5 Å². The molecule has 28 heavy (non-hydrogen) atoms. The molecular formula is C20H19BrClN3O2S. The number of aliphatic hydroxyl groups is 1. The molecule has 5 rings (SSSR count). The van der Waals surface area contributed by atoms with E-state index in [0.29, 0.717) is 23.0 Å². The highest BCUT2D eigenvalue weighted by Gasteiger charge is 2.57. The quantitative estimate of drug-likeness (QED) is 0.639. The van der Waals surface area contributed by atoms with Gasteiger partial charge in [-0.15, -0.1) is 0 Å². The maximum absolute atomic E-state index is 11.6. The Morgan fingerprint density at radius 3 is 2.93 bits per heavy atom. The number of halogens is 2. The van der Waals surface area contributed by atoms with Crippen LogP contribution in [0.3, 0.4) is 0 Å². The minimum Gasteiger partial charge on any atom is -0.490 e. The minimum absolute atomic E-state index is 0.000539. The van der Waals surface area contributed by atoms with Crippen LogP contribution < -0.4 is 10.5 Å². The molecule has 1 aromatic carbocycles. The summed E-state index contributed by atoms with van der Waals surface area (Å²) < 4.78 is 7.35. The number of fused-ring (bicyclic) bond motifs is 4. The molecule has 1 aromatic heterocycles. The Balaban J connectivity index is 1.62. The zero-order valence-electron chi connectivity index (χ0n) is 14.9. The van der Waals surface area contributed by atoms with Crippen molar-refractivity contribution in [3.8, 4) is 5.75 Å². The highest BCUT2D eigenvalue weighted by molar-refractivity contribution is 9.10. The number of thioether (sulfide) groups is 1. The molecule has 146 valence electrons. The number of pyridine rings is 1. The van der Waals surface area contributed by atoms with Gasteiger partial charge in [0.25, 0.3) is 0 Å². The van der Waals surface area contributed by atoms with E-state index in [1.165, 1.54) is 0 Å². The van der Waals surface area contributed by atoms with Crippen molar-refractivity contribution < 1.29 is 9.84 Å². The average Bonchev–Trinajstić information content (AvgIpc) is 3.06. The van der Waals surface area contributed by atoms with Crippen molar-refractivity contribution in [2.45, 2.75) is 36.5 Å². The van der Waals surface area contributed by atoms with Crippen molar-refractivity contribution in [3.05, 3.63) is 57.3 Å². The molecule has 8 heteroatoms. The van der Waals surface area contributed by atoms with Crippen molar-refractivity contribution in [1.29, 1.82) is 0 Å². The summed E-state index contributed by atoms with van der Waals surface area (Å²) >= 11 is 11.3. The summed E-state index contributed by atoms with van der Waals surface area (Å²) in [5.41, 5.74) is 6.38. The maximum Gasteiger partial charge on any atom is 0.154 e. The molecule has 2 aromatic rings. The Hall–Kier alpha value is -1.28. The van der Waals surface area contributed by atoms with Gasteiger partial charge in [0.15, 0.2) is 5.17 Å². The smallest absolute Gasteiger partial charge is 0.154 e. The lowest BCUT2D eigenvalue weighted by molar-refractivity contribution is -0.0875. The Morgan fingerprint density at radius 1 is 1.32 bits per heavy atom. The predicted octanol–water partition coefficient (Wildman–Crippen LogP) is 4.20. The molecule has 3 N–H and O–H groups in total. The second kappa shape index (κ2) is 6.62. The number of hydrogen-bond acceptors (Lipinski definition) is 6. The second-order valence-electron chi connectivity index (χ2n) is 7.73. The molecule has 0 saturated heterocycles. The van der Waals surface area contributed by atoms with Crippen molar-refractivity contribution in [3.63, 3.8) is 0 Å². The highest BCUT2D eigenvalue weighted by Crippen LogP contribution is 2.57. The van der Waals surface area contributed by atoms with Crippen molar-refractivity contribution in [1.82, 2.24) is 4.98 Å². The Kier molecular flexibility index (Phi) is 4.43. The van der Waals surface area contributed by atoms with E-state index >= 15 is 0 Å². The van der Waals surface area contributed by atoms with E-state index < -0.39 is 11.1 Å². The van der Waals surface area contributed by atoms with Gasteiger partial charge < -0.3 is 15.6 Å². The lowest BCUT2D eigenvalue weighted by Gasteiger charge is -2.51. The fraction of sp³-hybridized carbons (Fsp3) is 0.400. The molecule has 1 saturated carbocycles. The number of amidine groups is 1. The molecular weight excluding hydrogens is 462 g/mol. The van der Waals surface area contributed by atoms with Gasteiger partial charge in [0, 0.05) is 39.7 Å². The number of nitrogens with zero attached hydrogens (tertiary/aromatic N) is 2. The van der Waals surface area contributed by atoms with E-state index in [-0.39, 0.29) is 12.0 Å². The molecule has 3 aliphatic rings. The van der Waals surface area contributed by atoms with Crippen LogP contribution >= 0.6 is 39.3 Å². The molecule has 0 bridgehead atoms. The lowest BCUT2D eigenvalue weighted by Crippen LogP contribution is -2.54. The zero-order chi connectivity index (χ0) is 19.5. The Bertz CT molecular complexity index is 990. The third-order valence-electron chi connectivity index (χ3n) is 6.14. The number of aromatic nitrogens is 1. The van der Waals surface area contributed by atoms with E-state index in [2.05, 4.69) is 27.0 Å². The van der Waals surface area contributed by atoms with Crippen LogP contribution in [-0.4, -0.2) is 27.1 Å². The van der Waals surface area contributed by atoms with Gasteiger partial charge in [-0.2, -0.15) is 0 Å². The van der Waals surface area contributed by atoms with Gasteiger partial charge in [-0.25, -0.2) is 4.99 Å². The summed E-state index contributed by atoms with van der Waals surface area (Å²) in [4.78, 5) is 9.10. The number of aliphatic imine (C=N–C) groups is 1. The van der Waals surface area contributed by atoms with Crippen LogP contribution in [0.25, 0.3) is 0 Å². The first-order valence-corrected chi connectivity index (χ1v) is 11.3. The van der Waals surface area contributed by atoms with E-state index in [0.717, 1.165) is 33.5 Å². The number of nitrogens with two attached hydrogens (primary N) is 1. The summed E-state index contributed by atoms with van der Waals surface area (Å²) in [7, 11) is 0. The number of rotatable bonds is 1. The molecule has 2 aliphatic heterocycles. The van der Waals surface area contributed by atoms with Gasteiger partial charge in [0.05, 0.1) is 10.6 Å². The van der Waals surface area contributed by atoms with E-state index in [1.54, 1.807) is 30.2 Å². The van der Waals surface area contributed by atoms with E-state index in [4.69, 9.17) is 27.1 Å². The molecule has 0 radical (unpaired) electrons. The van der Waals surface area contributed by atoms with Gasteiger partial charge in [0.1, 0.15) is 17.4 Å². The third kappa shape index (κ3) is 2.86. The molecule has 5 nitrogen and oxygen atoms in total. The molecule has 1 aliphatic carbocycles. The highest BCUT2D eigenvalue weighted by atomic mass is 79.9. The normalized spacial score (nSPS) is 33.8. The van der Waals surface area contributed by atoms with Crippen LogP contribution in [0.5, 0.6) is 5.75 Å². The van der Waals surface area contributed by atoms with Crippen LogP contribution in [0.2, 0.25) is 5.02 Å². The molecule has 0 amide bonds. The standard InChI is InChI=1S/C20H19BrClN3O2S/c21-12-1-2-16-14(6-12)20(10-28-18(23)25-20)15-7-19(26,4-3-17(15)27-16)11-5-13(22)9-24-8-11/h1-2,5-6,8-9,15,17,26H,3-4,7,10H2,(H2,23,25)/t15-,17?,19?,20+/m0/s1. The summed E-state index contributed by atoms with van der Waals surface area (Å²) in [6.07, 6.45) is 5.10. The van der Waals surface area contributed by atoms with Crippen molar-refractivity contribution in [2.75, 3.05) is 5.75 Å². The van der Waals surface area contributed by atoms with Crippen LogP contribution in [0.1, 0.15) is 30.4 Å². The summed E-state index contributed by atoms with van der Waals surface area (Å²) in [6.45, 7) is 0. The first-order valence-electron chi connectivity index (χ1n) is 9.18. The van der Waals surface area contributed by atoms with E-state index in [1.807, 2.05) is 12.1 Å². The fourth-order valence-electron chi connectivity index (χ4n) is 4.80. The minimum atomic E-state index is -1.02. The summed E-state index contributed by atoms with van der Waals surface area (Å²) in [5.74, 6) is 1.61. The second-order valence-corrected chi connectivity index (χ2v) is 10.1. The van der Waals surface area contributed by atoms with Gasteiger partial charge in [-0.05, 0) is 43.5 Å². The van der Waals surface area contributed by atoms with Gasteiger partial charge in [-0.1, -0.05) is 39.3 Å². The monoisotopic (exact) mass is 479 g/mol. The van der Waals surface area contributed by atoms with Gasteiger partial charge >= 0.3 is 0 Å². The lowest BCUT2D eigenvalue weighted by atomic mass is 9.63. The topological polar surface area (TPSA) is 80.7 Å². The van der Waals surface area contributed by atoms with Crippen LogP contribution in [0, 0.1) is 5.92 Å². The summed E-state index contributed by atoms with van der Waals surface area (Å²) in [6, 6.07) is 7.85. The molecule has 4 atom stereocenters. The molecule has 1 fully saturated rings. The Labute approximate surface area is 180 Å². The van der Waals surface area contributed by atoms with Crippen LogP contribution in [0.15, 0.2) is 46.1 Å². The number of benzene rings is 1. The SMILES string of the molecule is NC1=N[C@]2(CS1)c1cc(Br)ccc1OC1CCC(O)(c3cncc(Cl)c3)C[C@@H]12. The van der Waals surface area contributed by atoms with Gasteiger partial charge in [0.2, 0.25) is 0 Å². The van der Waals surface area contributed by atoms with Crippen LogP contribution in [0.4, 0.5) is 0 Å². The Morgan fingerprint density at radius 2 is 2.18 bits per heavy atom. The predicted molar refractivity (Wildman–Crippen MR) is 115 cm³/mol. The molecule has 1 spiro atoms. The fourth-order valence-corrected chi connectivity index (χ4v) is 6.37. The van der Waals surface area contributed by atoms with Gasteiger partial charge in [-0.3, -0.25) is 4.98 Å². The van der Waals surface area contributed by atoms with Crippen LogP contribution in [-0.2, 0) is 11.1 Å². The molecule has 2 unspecified atom stereocenters. The van der Waals surface area contributed by atoms with E-state index in [9.17, 15) is 5.11 Å². The average molecular weight is 481 g/mol. The third-order valence-corrected chi connectivity index (χ3v) is 7.81. The first kappa shape index (κ1) is 18.7. The maximum atomic E-state index is 11.6. The zero-order valence-corrected chi connectivity index (χ0v) is 18.1. The first-order chi connectivity index (χ1) is 13.4. The number of hydrogen-bond donors (Lipinski definition) is 2. The largest absolute Gasteiger partial charge is 0.490 e. The summed E-state index contributed by atoms with van der Waals surface area (Å²) in [5, 5.41) is 12.7.